The van der Waals surface area contributed by atoms with Crippen molar-refractivity contribution in [2.75, 3.05) is 39.0 Å². The smallest absolute Gasteiger partial charge is 0.258 e. The van der Waals surface area contributed by atoms with Crippen molar-refractivity contribution in [3.8, 4) is 0 Å². The van der Waals surface area contributed by atoms with E-state index in [9.17, 15) is 9.59 Å². The van der Waals surface area contributed by atoms with Crippen LogP contribution >= 0.6 is 11.6 Å². The first kappa shape index (κ1) is 24.9. The van der Waals surface area contributed by atoms with E-state index in [1.54, 1.807) is 12.1 Å². The van der Waals surface area contributed by atoms with Gasteiger partial charge in [-0.2, -0.15) is 0 Å². The average molecular weight is 495 g/mol. The number of hydrogen-bond acceptors (Lipinski definition) is 5. The number of halogens is 1. The molecule has 0 unspecified atom stereocenters. The highest BCUT2D eigenvalue weighted by atomic mass is 35.5. The number of carbonyl (C=O) groups excluding carboxylic acids is 2. The second kappa shape index (κ2) is 11.0. The maximum Gasteiger partial charge on any atom is 0.258 e. The summed E-state index contributed by atoms with van der Waals surface area (Å²) >= 11 is 5.99. The van der Waals surface area contributed by atoms with E-state index < -0.39 is 0 Å². The van der Waals surface area contributed by atoms with Crippen LogP contribution in [0.15, 0.2) is 48.7 Å². The molecule has 2 amide bonds. The third-order valence-corrected chi connectivity index (χ3v) is 6.39. The molecular formula is C26H31ClN6O2. The molecule has 35 heavy (non-hydrogen) atoms. The standard InChI is InChI=1S/C26H31ClN6O2/c1-18-8-6-10-21-24(18)33(26(29-21)30-25(35)19-12-13-28-22(27)16-19)20-9-4-5-15-32(17-20)23(34)11-7-14-31(2)3/h6-8,10-13,16,20H,4-5,9,14-15,17H2,1-3H3,(H,29,30,35)/b11-7+/t20-/m1/s1. The van der Waals surface area contributed by atoms with Gasteiger partial charge in [0.05, 0.1) is 17.1 Å². The molecule has 184 valence electrons. The minimum Gasteiger partial charge on any atom is -0.337 e. The van der Waals surface area contributed by atoms with E-state index in [-0.39, 0.29) is 23.0 Å². The summed E-state index contributed by atoms with van der Waals surface area (Å²) in [4.78, 5) is 38.6. The zero-order valence-electron chi connectivity index (χ0n) is 20.4. The van der Waals surface area contributed by atoms with E-state index in [0.29, 0.717) is 31.1 Å². The van der Waals surface area contributed by atoms with Gasteiger partial charge in [-0.15, -0.1) is 0 Å². The van der Waals surface area contributed by atoms with Gasteiger partial charge < -0.3 is 14.4 Å². The maximum absolute atomic E-state index is 13.0. The summed E-state index contributed by atoms with van der Waals surface area (Å²) in [6, 6.07) is 9.07. The Bertz CT molecular complexity index is 1250. The Morgan fingerprint density at radius 1 is 1.26 bits per heavy atom. The molecule has 8 nitrogen and oxygen atoms in total. The van der Waals surface area contributed by atoms with Gasteiger partial charge in [-0.05, 0) is 64.0 Å². The summed E-state index contributed by atoms with van der Waals surface area (Å²) < 4.78 is 2.10. The van der Waals surface area contributed by atoms with Crippen LogP contribution in [-0.4, -0.2) is 69.9 Å². The van der Waals surface area contributed by atoms with Crippen molar-refractivity contribution in [3.63, 3.8) is 0 Å². The molecule has 1 saturated heterocycles. The lowest BCUT2D eigenvalue weighted by molar-refractivity contribution is -0.126. The molecule has 1 atom stereocenters. The highest BCUT2D eigenvalue weighted by Gasteiger charge is 2.27. The molecule has 1 aliphatic rings. The number of nitrogens with one attached hydrogen (secondary N) is 1. The van der Waals surface area contributed by atoms with Crippen LogP contribution in [0, 0.1) is 6.92 Å². The molecule has 0 spiro atoms. The molecule has 0 radical (unpaired) electrons. The van der Waals surface area contributed by atoms with Crippen molar-refractivity contribution in [1.29, 1.82) is 0 Å². The van der Waals surface area contributed by atoms with E-state index in [2.05, 4.69) is 14.9 Å². The number of nitrogens with zero attached hydrogens (tertiary/aromatic N) is 5. The fourth-order valence-electron chi connectivity index (χ4n) is 4.48. The monoisotopic (exact) mass is 494 g/mol. The van der Waals surface area contributed by atoms with E-state index in [1.807, 2.05) is 55.1 Å². The van der Waals surface area contributed by atoms with Crippen molar-refractivity contribution >= 4 is 40.4 Å². The quantitative estimate of drug-likeness (QED) is 0.407. The lowest BCUT2D eigenvalue weighted by Gasteiger charge is -2.26. The molecule has 3 aromatic rings. The lowest BCUT2D eigenvalue weighted by Crippen LogP contribution is -2.35. The number of imidazole rings is 1. The summed E-state index contributed by atoms with van der Waals surface area (Å²) in [5.41, 5.74) is 3.25. The van der Waals surface area contributed by atoms with Crippen molar-refractivity contribution < 1.29 is 9.59 Å². The zero-order valence-corrected chi connectivity index (χ0v) is 21.1. The van der Waals surface area contributed by atoms with Crippen LogP contribution in [0.5, 0.6) is 0 Å². The molecule has 9 heteroatoms. The zero-order chi connectivity index (χ0) is 24.9. The molecule has 0 aliphatic carbocycles. The highest BCUT2D eigenvalue weighted by Crippen LogP contribution is 2.32. The summed E-state index contributed by atoms with van der Waals surface area (Å²) in [6.07, 6.45) is 7.86. The van der Waals surface area contributed by atoms with Crippen LogP contribution in [0.25, 0.3) is 11.0 Å². The molecule has 3 heterocycles. The number of hydrogen-bond donors (Lipinski definition) is 1. The Morgan fingerprint density at radius 3 is 2.86 bits per heavy atom. The van der Waals surface area contributed by atoms with Crippen molar-refractivity contribution in [2.24, 2.45) is 0 Å². The molecule has 0 bridgehead atoms. The number of likely N-dealkylation sites (tertiary alicyclic amines) is 1. The largest absolute Gasteiger partial charge is 0.337 e. The average Bonchev–Trinajstić information content (AvgIpc) is 3.01. The van der Waals surface area contributed by atoms with Gasteiger partial charge in [0.2, 0.25) is 11.9 Å². The van der Waals surface area contributed by atoms with E-state index >= 15 is 0 Å². The second-order valence-electron chi connectivity index (χ2n) is 9.17. The number of pyridine rings is 1. The molecule has 4 rings (SSSR count). The SMILES string of the molecule is Cc1cccc2nc(NC(=O)c3ccnc(Cl)c3)n([C@@H]3CCCCN(C(=O)/C=C/CN(C)C)C3)c12. The van der Waals surface area contributed by atoms with E-state index in [1.165, 1.54) is 12.3 Å². The summed E-state index contributed by atoms with van der Waals surface area (Å²) in [5, 5.41) is 3.23. The fraction of sp³-hybridized carbons (Fsp3) is 0.385. The van der Waals surface area contributed by atoms with Crippen molar-refractivity contribution in [1.82, 2.24) is 24.3 Å². The molecule has 1 aromatic carbocycles. The number of rotatable bonds is 6. The number of aromatic nitrogens is 3. The van der Waals surface area contributed by atoms with Crippen LogP contribution in [0.4, 0.5) is 5.95 Å². The first-order chi connectivity index (χ1) is 16.8. The summed E-state index contributed by atoms with van der Waals surface area (Å²) in [5.74, 6) is 0.170. The number of anilines is 1. The predicted molar refractivity (Wildman–Crippen MR) is 139 cm³/mol. The lowest BCUT2D eigenvalue weighted by atomic mass is 10.1. The van der Waals surface area contributed by atoms with Gasteiger partial charge in [-0.3, -0.25) is 14.9 Å². The first-order valence-electron chi connectivity index (χ1n) is 11.8. The number of aryl methyl sites for hydroxylation is 1. The predicted octanol–water partition coefficient (Wildman–Crippen LogP) is 4.32. The van der Waals surface area contributed by atoms with Gasteiger partial charge in [-0.25, -0.2) is 9.97 Å². The Morgan fingerprint density at radius 2 is 2.09 bits per heavy atom. The molecule has 0 saturated carbocycles. The van der Waals surface area contributed by atoms with Gasteiger partial charge >= 0.3 is 0 Å². The Balaban J connectivity index is 1.68. The van der Waals surface area contributed by atoms with Gasteiger partial charge in [0.25, 0.3) is 5.91 Å². The second-order valence-corrected chi connectivity index (χ2v) is 9.56. The third-order valence-electron chi connectivity index (χ3n) is 6.18. The van der Waals surface area contributed by atoms with Crippen molar-refractivity contribution in [3.05, 3.63) is 65.0 Å². The minimum atomic E-state index is -0.309. The molecule has 1 fully saturated rings. The summed E-state index contributed by atoms with van der Waals surface area (Å²) in [7, 11) is 3.94. The number of likely N-dealkylation sites (N-methyl/N-ethyl adjacent to an activating group) is 1. The third kappa shape index (κ3) is 5.89. The molecule has 1 N–H and O–H groups in total. The van der Waals surface area contributed by atoms with Gasteiger partial charge in [0, 0.05) is 37.5 Å². The van der Waals surface area contributed by atoms with Crippen LogP contribution < -0.4 is 5.32 Å². The van der Waals surface area contributed by atoms with Crippen LogP contribution in [0.3, 0.4) is 0 Å². The van der Waals surface area contributed by atoms with Crippen molar-refractivity contribution in [2.45, 2.75) is 32.2 Å². The van der Waals surface area contributed by atoms with Crippen LogP contribution in [-0.2, 0) is 4.79 Å². The number of carbonyl (C=O) groups is 2. The number of para-hydroxylation sites is 1. The van der Waals surface area contributed by atoms with E-state index in [4.69, 9.17) is 16.6 Å². The number of amides is 2. The van der Waals surface area contributed by atoms with Crippen LogP contribution in [0.2, 0.25) is 5.15 Å². The molecule has 2 aromatic heterocycles. The Kier molecular flexibility index (Phi) is 7.83. The Labute approximate surface area is 210 Å². The maximum atomic E-state index is 13.0. The topological polar surface area (TPSA) is 83.4 Å². The van der Waals surface area contributed by atoms with E-state index in [0.717, 1.165) is 35.9 Å². The number of benzene rings is 1. The molecular weight excluding hydrogens is 464 g/mol. The molecule has 1 aliphatic heterocycles. The Hall–Kier alpha value is -3.23. The first-order valence-corrected chi connectivity index (χ1v) is 12.2. The van der Waals surface area contributed by atoms with Gasteiger partial charge in [-0.1, -0.05) is 29.8 Å². The fourth-order valence-corrected chi connectivity index (χ4v) is 4.66. The van der Waals surface area contributed by atoms with Gasteiger partial charge in [0.1, 0.15) is 5.15 Å². The number of fused-ring (bicyclic) bond motifs is 1. The normalized spacial score (nSPS) is 16.7. The van der Waals surface area contributed by atoms with Gasteiger partial charge in [0.15, 0.2) is 0 Å². The summed E-state index contributed by atoms with van der Waals surface area (Å²) in [6.45, 7) is 4.02. The highest BCUT2D eigenvalue weighted by molar-refractivity contribution is 6.29. The van der Waals surface area contributed by atoms with Crippen LogP contribution in [0.1, 0.15) is 41.2 Å². The minimum absolute atomic E-state index is 0.0110.